The third-order valence-corrected chi connectivity index (χ3v) is 3.98. The Bertz CT molecular complexity index is 798. The van der Waals surface area contributed by atoms with E-state index in [2.05, 4.69) is 0 Å². The largest absolute Gasteiger partial charge is 0.497 e. The number of carboxylic acid groups (broad SMARTS) is 1. The van der Waals surface area contributed by atoms with E-state index in [1.165, 1.54) is 21.3 Å². The van der Waals surface area contributed by atoms with Crippen LogP contribution in [-0.2, 0) is 4.79 Å². The van der Waals surface area contributed by atoms with Crippen molar-refractivity contribution in [2.24, 2.45) is 0 Å². The quantitative estimate of drug-likeness (QED) is 0.512. The standard InChI is InChI=1S/C19H22O7/c1-23-12-8-13-14(11-20)15(26-7-5-4-6-18(21)22)10-17(25-3)19(13)16(9-12)24-2/h8-11H,4-7H2,1-3H3,(H,21,22). The molecule has 0 radical (unpaired) electrons. The van der Waals surface area contributed by atoms with E-state index in [4.69, 9.17) is 24.1 Å². The molecule has 0 fully saturated rings. The van der Waals surface area contributed by atoms with Crippen LogP contribution in [0.4, 0.5) is 0 Å². The van der Waals surface area contributed by atoms with E-state index in [-0.39, 0.29) is 6.42 Å². The number of ether oxygens (including phenoxy) is 4. The van der Waals surface area contributed by atoms with Crippen LogP contribution >= 0.6 is 0 Å². The van der Waals surface area contributed by atoms with E-state index in [0.29, 0.717) is 65.1 Å². The Kier molecular flexibility index (Phi) is 6.66. The Balaban J connectivity index is 2.44. The molecule has 2 aromatic rings. The van der Waals surface area contributed by atoms with Crippen molar-refractivity contribution in [1.82, 2.24) is 0 Å². The predicted octanol–water partition coefficient (Wildman–Crippen LogP) is 3.31. The summed E-state index contributed by atoms with van der Waals surface area (Å²) in [4.78, 5) is 22.3. The SMILES string of the molecule is COc1cc(OC)c2c(OC)cc(OCCCCC(=O)O)c(C=O)c2c1. The van der Waals surface area contributed by atoms with Gasteiger partial charge in [0.2, 0.25) is 0 Å². The molecule has 7 nitrogen and oxygen atoms in total. The number of hydrogen-bond donors (Lipinski definition) is 1. The van der Waals surface area contributed by atoms with Crippen molar-refractivity contribution in [2.75, 3.05) is 27.9 Å². The molecule has 0 aliphatic rings. The molecule has 0 aromatic heterocycles. The average Bonchev–Trinajstić information content (AvgIpc) is 2.65. The van der Waals surface area contributed by atoms with E-state index < -0.39 is 5.97 Å². The first-order chi connectivity index (χ1) is 12.5. The maximum Gasteiger partial charge on any atom is 0.303 e. The van der Waals surface area contributed by atoms with Crippen LogP contribution in [0.2, 0.25) is 0 Å². The fourth-order valence-electron chi connectivity index (χ4n) is 2.70. The first-order valence-corrected chi connectivity index (χ1v) is 8.12. The molecule has 140 valence electrons. The van der Waals surface area contributed by atoms with Crippen molar-refractivity contribution in [1.29, 1.82) is 0 Å². The fraction of sp³-hybridized carbons (Fsp3) is 0.368. The van der Waals surface area contributed by atoms with E-state index in [0.717, 1.165) is 0 Å². The Morgan fingerprint density at radius 1 is 1.00 bits per heavy atom. The number of aliphatic carboxylic acids is 1. The minimum Gasteiger partial charge on any atom is -0.497 e. The second-order valence-electron chi connectivity index (χ2n) is 5.56. The van der Waals surface area contributed by atoms with Gasteiger partial charge in [0.1, 0.15) is 23.0 Å². The summed E-state index contributed by atoms with van der Waals surface area (Å²) >= 11 is 0. The zero-order chi connectivity index (χ0) is 19.1. The second-order valence-corrected chi connectivity index (χ2v) is 5.56. The number of carbonyl (C=O) groups is 2. The molecule has 0 bridgehead atoms. The zero-order valence-electron chi connectivity index (χ0n) is 15.0. The Morgan fingerprint density at radius 2 is 1.69 bits per heavy atom. The van der Waals surface area contributed by atoms with Crippen molar-refractivity contribution in [3.8, 4) is 23.0 Å². The van der Waals surface area contributed by atoms with Gasteiger partial charge in [-0.25, -0.2) is 0 Å². The van der Waals surface area contributed by atoms with Gasteiger partial charge in [-0.2, -0.15) is 0 Å². The van der Waals surface area contributed by atoms with Crippen LogP contribution in [0.3, 0.4) is 0 Å². The molecule has 0 unspecified atom stereocenters. The Hall–Kier alpha value is -2.96. The number of carboxylic acids is 1. The minimum atomic E-state index is -0.842. The molecule has 0 amide bonds. The summed E-state index contributed by atoms with van der Waals surface area (Å²) in [6.45, 7) is 0.296. The molecule has 2 rings (SSSR count). The molecule has 1 N–H and O–H groups in total. The van der Waals surface area contributed by atoms with Crippen molar-refractivity contribution in [3.63, 3.8) is 0 Å². The summed E-state index contributed by atoms with van der Waals surface area (Å²) in [5.74, 6) is 1.09. The Labute approximate surface area is 151 Å². The first kappa shape index (κ1) is 19.4. The molecule has 0 heterocycles. The van der Waals surface area contributed by atoms with Gasteiger partial charge in [0, 0.05) is 23.9 Å². The van der Waals surface area contributed by atoms with Crippen LogP contribution in [0.25, 0.3) is 10.8 Å². The van der Waals surface area contributed by atoms with E-state index in [1.54, 1.807) is 18.2 Å². The summed E-state index contributed by atoms with van der Waals surface area (Å²) in [6, 6.07) is 5.07. The number of carbonyl (C=O) groups excluding carboxylic acids is 1. The molecule has 0 saturated carbocycles. The summed E-state index contributed by atoms with van der Waals surface area (Å²) < 4.78 is 21.9. The highest BCUT2D eigenvalue weighted by Gasteiger charge is 2.18. The van der Waals surface area contributed by atoms with Gasteiger partial charge in [0.25, 0.3) is 0 Å². The number of rotatable bonds is 10. The normalized spacial score (nSPS) is 10.4. The van der Waals surface area contributed by atoms with Crippen molar-refractivity contribution < 1.29 is 33.6 Å². The number of unbranched alkanes of at least 4 members (excludes halogenated alkanes) is 1. The lowest BCUT2D eigenvalue weighted by Crippen LogP contribution is -2.04. The van der Waals surface area contributed by atoms with Gasteiger partial charge in [0.15, 0.2) is 6.29 Å². The number of methoxy groups -OCH3 is 3. The van der Waals surface area contributed by atoms with Gasteiger partial charge in [-0.05, 0) is 18.9 Å². The van der Waals surface area contributed by atoms with Gasteiger partial charge in [0.05, 0.1) is 38.9 Å². The van der Waals surface area contributed by atoms with Crippen molar-refractivity contribution in [3.05, 3.63) is 23.8 Å². The lowest BCUT2D eigenvalue weighted by molar-refractivity contribution is -0.137. The number of aldehydes is 1. The van der Waals surface area contributed by atoms with E-state index in [1.807, 2.05) is 0 Å². The summed E-state index contributed by atoms with van der Waals surface area (Å²) in [5.41, 5.74) is 0.358. The third-order valence-electron chi connectivity index (χ3n) is 3.98. The second kappa shape index (κ2) is 8.94. The zero-order valence-corrected chi connectivity index (χ0v) is 15.0. The van der Waals surface area contributed by atoms with Crippen LogP contribution in [0, 0.1) is 0 Å². The molecule has 0 aliphatic carbocycles. The molecule has 0 spiro atoms. The molecule has 2 aromatic carbocycles. The fourth-order valence-corrected chi connectivity index (χ4v) is 2.70. The van der Waals surface area contributed by atoms with Crippen LogP contribution in [0.5, 0.6) is 23.0 Å². The van der Waals surface area contributed by atoms with E-state index in [9.17, 15) is 9.59 Å². The van der Waals surface area contributed by atoms with Crippen LogP contribution in [-0.4, -0.2) is 45.3 Å². The topological polar surface area (TPSA) is 91.3 Å². The summed E-state index contributed by atoms with van der Waals surface area (Å²) in [7, 11) is 4.58. The molecule has 0 atom stereocenters. The van der Waals surface area contributed by atoms with Crippen molar-refractivity contribution in [2.45, 2.75) is 19.3 Å². The van der Waals surface area contributed by atoms with Gasteiger partial charge in [-0.1, -0.05) is 0 Å². The third kappa shape index (κ3) is 4.17. The highest BCUT2D eigenvalue weighted by atomic mass is 16.5. The molecule has 26 heavy (non-hydrogen) atoms. The molecule has 7 heteroatoms. The highest BCUT2D eigenvalue weighted by molar-refractivity contribution is 6.07. The van der Waals surface area contributed by atoms with Crippen LogP contribution in [0.15, 0.2) is 18.2 Å². The number of hydrogen-bond acceptors (Lipinski definition) is 6. The first-order valence-electron chi connectivity index (χ1n) is 8.12. The van der Waals surface area contributed by atoms with Gasteiger partial charge in [-0.15, -0.1) is 0 Å². The van der Waals surface area contributed by atoms with Gasteiger partial charge in [-0.3, -0.25) is 9.59 Å². The van der Waals surface area contributed by atoms with Crippen molar-refractivity contribution >= 4 is 23.0 Å². The maximum absolute atomic E-state index is 11.7. The lowest BCUT2D eigenvalue weighted by atomic mass is 10.0. The number of benzene rings is 2. The average molecular weight is 362 g/mol. The monoisotopic (exact) mass is 362 g/mol. The molecular weight excluding hydrogens is 340 g/mol. The smallest absolute Gasteiger partial charge is 0.303 e. The maximum atomic E-state index is 11.7. The molecule has 0 aliphatic heterocycles. The molecule has 0 saturated heterocycles. The van der Waals surface area contributed by atoms with Gasteiger partial charge >= 0.3 is 5.97 Å². The highest BCUT2D eigenvalue weighted by Crippen LogP contribution is 2.42. The number of fused-ring (bicyclic) bond motifs is 1. The Morgan fingerprint density at radius 3 is 2.27 bits per heavy atom. The minimum absolute atomic E-state index is 0.0827. The van der Waals surface area contributed by atoms with Crippen LogP contribution in [0.1, 0.15) is 29.6 Å². The van der Waals surface area contributed by atoms with Gasteiger partial charge < -0.3 is 24.1 Å². The van der Waals surface area contributed by atoms with Crippen LogP contribution < -0.4 is 18.9 Å². The molecular formula is C19H22O7. The predicted molar refractivity (Wildman–Crippen MR) is 96.0 cm³/mol. The summed E-state index contributed by atoms with van der Waals surface area (Å²) in [6.07, 6.45) is 1.86. The summed E-state index contributed by atoms with van der Waals surface area (Å²) in [5, 5.41) is 9.91. The van der Waals surface area contributed by atoms with E-state index >= 15 is 0 Å². The lowest BCUT2D eigenvalue weighted by Gasteiger charge is -2.17.